The first-order chi connectivity index (χ1) is 6.38. The summed E-state index contributed by atoms with van der Waals surface area (Å²) in [6.07, 6.45) is -0.683. The van der Waals surface area contributed by atoms with Crippen LogP contribution in [0.15, 0.2) is 0 Å². The molecule has 0 aliphatic carbocycles. The molecule has 80 valence electrons. The Balaban J connectivity index is 2.90. The smallest absolute Gasteiger partial charge is 0.277 e. The number of nitrogens with zero attached hydrogens (tertiary/aromatic N) is 1. The predicted octanol–water partition coefficient (Wildman–Crippen LogP) is -2.12. The molecule has 1 rings (SSSR count). The van der Waals surface area contributed by atoms with Crippen LogP contribution in [0.5, 0.6) is 0 Å². The van der Waals surface area contributed by atoms with Crippen molar-refractivity contribution in [2.45, 2.75) is 11.7 Å². The van der Waals surface area contributed by atoms with Crippen LogP contribution in [0.1, 0.15) is 6.42 Å². The SMILES string of the molecule is O=C1CC(S(=O)(=O)O)C(=O)N1OCO. The van der Waals surface area contributed by atoms with E-state index in [-0.39, 0.29) is 5.06 Å². The van der Waals surface area contributed by atoms with E-state index in [2.05, 4.69) is 4.84 Å². The summed E-state index contributed by atoms with van der Waals surface area (Å²) < 4.78 is 29.7. The number of carbonyl (C=O) groups excluding carboxylic acids is 2. The lowest BCUT2D eigenvalue weighted by Gasteiger charge is -2.10. The van der Waals surface area contributed by atoms with Crippen molar-refractivity contribution >= 4 is 21.9 Å². The zero-order chi connectivity index (χ0) is 10.9. The maximum absolute atomic E-state index is 11.1. The minimum Gasteiger partial charge on any atom is -0.368 e. The quantitative estimate of drug-likeness (QED) is 0.320. The number of carbonyl (C=O) groups is 2. The van der Waals surface area contributed by atoms with Gasteiger partial charge in [0.15, 0.2) is 12.0 Å². The molecule has 2 amide bonds. The van der Waals surface area contributed by atoms with Gasteiger partial charge in [-0.2, -0.15) is 8.42 Å². The highest BCUT2D eigenvalue weighted by molar-refractivity contribution is 7.87. The molecular formula is C5H7NO7S. The molecule has 0 aromatic carbocycles. The van der Waals surface area contributed by atoms with Crippen molar-refractivity contribution in [3.8, 4) is 0 Å². The Labute approximate surface area is 78.8 Å². The lowest BCUT2D eigenvalue weighted by molar-refractivity contribution is -0.208. The Morgan fingerprint density at radius 2 is 2.07 bits per heavy atom. The molecule has 9 heteroatoms. The molecule has 1 atom stereocenters. The molecule has 0 aromatic rings. The number of imide groups is 1. The van der Waals surface area contributed by atoms with E-state index in [1.807, 2.05) is 0 Å². The van der Waals surface area contributed by atoms with Crippen molar-refractivity contribution in [3.05, 3.63) is 0 Å². The molecule has 8 nitrogen and oxygen atoms in total. The largest absolute Gasteiger partial charge is 0.368 e. The van der Waals surface area contributed by atoms with Crippen molar-refractivity contribution in [3.63, 3.8) is 0 Å². The maximum atomic E-state index is 11.1. The first-order valence-electron chi connectivity index (χ1n) is 3.45. The van der Waals surface area contributed by atoms with Gasteiger partial charge in [-0.1, -0.05) is 0 Å². The highest BCUT2D eigenvalue weighted by atomic mass is 32.2. The molecule has 14 heavy (non-hydrogen) atoms. The molecule has 0 radical (unpaired) electrons. The number of aliphatic hydroxyl groups is 1. The van der Waals surface area contributed by atoms with Gasteiger partial charge in [0.25, 0.3) is 21.9 Å². The van der Waals surface area contributed by atoms with E-state index in [9.17, 15) is 18.0 Å². The van der Waals surface area contributed by atoms with Crippen LogP contribution >= 0.6 is 0 Å². The molecule has 0 saturated carbocycles. The van der Waals surface area contributed by atoms with Gasteiger partial charge in [0.2, 0.25) is 0 Å². The minimum absolute atomic E-state index is 0.123. The van der Waals surface area contributed by atoms with Crippen molar-refractivity contribution in [1.29, 1.82) is 0 Å². The van der Waals surface area contributed by atoms with Crippen LogP contribution in [0, 0.1) is 0 Å². The third-order valence-corrected chi connectivity index (χ3v) is 2.70. The van der Waals surface area contributed by atoms with Crippen molar-refractivity contribution in [1.82, 2.24) is 5.06 Å². The Morgan fingerprint density at radius 3 is 2.43 bits per heavy atom. The van der Waals surface area contributed by atoms with Crippen molar-refractivity contribution in [2.24, 2.45) is 0 Å². The second-order valence-corrected chi connectivity index (χ2v) is 4.09. The fraction of sp³-hybridized carbons (Fsp3) is 0.600. The number of hydrogen-bond donors (Lipinski definition) is 2. The zero-order valence-corrected chi connectivity index (χ0v) is 7.60. The van der Waals surface area contributed by atoms with Gasteiger partial charge in [0.05, 0.1) is 6.42 Å². The molecule has 1 unspecified atom stereocenters. The Kier molecular flexibility index (Phi) is 2.85. The summed E-state index contributed by atoms with van der Waals surface area (Å²) in [6, 6.07) is 0. The summed E-state index contributed by atoms with van der Waals surface area (Å²) in [5.74, 6) is -2.13. The summed E-state index contributed by atoms with van der Waals surface area (Å²) in [7, 11) is -4.61. The summed E-state index contributed by atoms with van der Waals surface area (Å²) in [5.41, 5.74) is 0. The third-order valence-electron chi connectivity index (χ3n) is 1.61. The normalized spacial score (nSPS) is 23.3. The van der Waals surface area contributed by atoms with Gasteiger partial charge >= 0.3 is 0 Å². The molecule has 0 bridgehead atoms. The second kappa shape index (κ2) is 3.61. The first-order valence-corrected chi connectivity index (χ1v) is 4.95. The van der Waals surface area contributed by atoms with Crippen LogP contribution in [0.3, 0.4) is 0 Å². The average molecular weight is 225 g/mol. The van der Waals surface area contributed by atoms with E-state index in [1.165, 1.54) is 0 Å². The van der Waals surface area contributed by atoms with E-state index in [0.717, 1.165) is 0 Å². The lowest BCUT2D eigenvalue weighted by Crippen LogP contribution is -2.35. The maximum Gasteiger partial charge on any atom is 0.277 e. The standard InChI is InChI=1S/C5H7NO7S/c7-2-13-6-4(8)1-3(5(6)9)14(10,11)12/h3,7H,1-2H2,(H,10,11,12). The number of hydrogen-bond acceptors (Lipinski definition) is 6. The third kappa shape index (κ3) is 1.90. The zero-order valence-electron chi connectivity index (χ0n) is 6.78. The van der Waals surface area contributed by atoms with Gasteiger partial charge in [0.1, 0.15) is 0 Å². The van der Waals surface area contributed by atoms with Crippen LogP contribution in [-0.4, -0.2) is 47.0 Å². The van der Waals surface area contributed by atoms with Crippen molar-refractivity contribution < 1.29 is 32.5 Å². The molecule has 1 fully saturated rings. The molecule has 2 N–H and O–H groups in total. The predicted molar refractivity (Wildman–Crippen MR) is 40.0 cm³/mol. The Morgan fingerprint density at radius 1 is 1.50 bits per heavy atom. The van der Waals surface area contributed by atoms with E-state index in [1.54, 1.807) is 0 Å². The number of hydroxylamine groups is 2. The fourth-order valence-corrected chi connectivity index (χ4v) is 1.71. The van der Waals surface area contributed by atoms with Crippen LogP contribution in [0.25, 0.3) is 0 Å². The van der Waals surface area contributed by atoms with Gasteiger partial charge < -0.3 is 5.11 Å². The van der Waals surface area contributed by atoms with Crippen LogP contribution < -0.4 is 0 Å². The van der Waals surface area contributed by atoms with Gasteiger partial charge in [0, 0.05) is 0 Å². The number of aliphatic hydroxyl groups excluding tert-OH is 1. The topological polar surface area (TPSA) is 121 Å². The molecule has 0 aromatic heterocycles. The monoisotopic (exact) mass is 225 g/mol. The fourth-order valence-electron chi connectivity index (χ4n) is 1.01. The van der Waals surface area contributed by atoms with Crippen LogP contribution in [0.4, 0.5) is 0 Å². The second-order valence-electron chi connectivity index (χ2n) is 2.49. The summed E-state index contributed by atoms with van der Waals surface area (Å²) in [4.78, 5) is 26.2. The highest BCUT2D eigenvalue weighted by Gasteiger charge is 2.46. The molecule has 0 spiro atoms. The van der Waals surface area contributed by atoms with Gasteiger partial charge in [-0.05, 0) is 0 Å². The van der Waals surface area contributed by atoms with Crippen LogP contribution in [-0.2, 0) is 24.5 Å². The average Bonchev–Trinajstić information content (AvgIpc) is 2.31. The minimum atomic E-state index is -4.61. The summed E-state index contributed by atoms with van der Waals surface area (Å²) in [6.45, 7) is -0.935. The Bertz CT molecular complexity index is 360. The van der Waals surface area contributed by atoms with Crippen LogP contribution in [0.2, 0.25) is 0 Å². The molecule has 1 heterocycles. The van der Waals surface area contributed by atoms with E-state index < -0.39 is 40.4 Å². The molecular weight excluding hydrogens is 218 g/mol. The van der Waals surface area contributed by atoms with E-state index in [4.69, 9.17) is 9.66 Å². The lowest BCUT2D eigenvalue weighted by atomic mass is 10.4. The van der Waals surface area contributed by atoms with E-state index >= 15 is 0 Å². The van der Waals surface area contributed by atoms with Gasteiger partial charge in [-0.25, -0.2) is 4.84 Å². The molecule has 1 aliphatic rings. The molecule has 1 aliphatic heterocycles. The van der Waals surface area contributed by atoms with Gasteiger partial charge in [-0.3, -0.25) is 14.1 Å². The van der Waals surface area contributed by atoms with E-state index in [0.29, 0.717) is 0 Å². The highest BCUT2D eigenvalue weighted by Crippen LogP contribution is 2.19. The Hall–Kier alpha value is -1.03. The summed E-state index contributed by atoms with van der Waals surface area (Å²) in [5, 5.41) is 6.56. The summed E-state index contributed by atoms with van der Waals surface area (Å²) >= 11 is 0. The first kappa shape index (κ1) is 11.0. The number of amides is 2. The van der Waals surface area contributed by atoms with Gasteiger partial charge in [-0.15, -0.1) is 5.06 Å². The van der Waals surface area contributed by atoms with Crippen molar-refractivity contribution in [2.75, 3.05) is 6.79 Å². The molecule has 1 saturated heterocycles. The number of rotatable bonds is 3.